The van der Waals surface area contributed by atoms with Gasteiger partial charge in [0.2, 0.25) is 0 Å². The third-order valence-electron chi connectivity index (χ3n) is 1.51. The molecule has 0 aromatic heterocycles. The van der Waals surface area contributed by atoms with Gasteiger partial charge in [-0.1, -0.05) is 11.6 Å². The molecular weight excluding hydrogens is 225 g/mol. The van der Waals surface area contributed by atoms with Crippen molar-refractivity contribution in [2.45, 2.75) is 0 Å². The zero-order valence-electron chi connectivity index (χ0n) is 7.62. The lowest BCUT2D eigenvalue weighted by molar-refractivity contribution is -0.138. The number of hydrogen-bond donors (Lipinski definition) is 1. The Kier molecular flexibility index (Phi) is 6.08. The summed E-state index contributed by atoms with van der Waals surface area (Å²) in [6.07, 6.45) is 0. The fraction of sp³-hybridized carbons (Fsp3) is 0.222. The number of nitrogens with one attached hydrogen (secondary N) is 1. The molecule has 5 heteroatoms. The van der Waals surface area contributed by atoms with Crippen molar-refractivity contribution in [1.29, 1.82) is 0 Å². The lowest BCUT2D eigenvalue weighted by Gasteiger charge is -2.03. The van der Waals surface area contributed by atoms with E-state index in [1.165, 1.54) is 7.11 Å². The van der Waals surface area contributed by atoms with Gasteiger partial charge in [-0.15, -0.1) is 12.4 Å². The Morgan fingerprint density at radius 3 is 2.50 bits per heavy atom. The first kappa shape index (κ1) is 13.1. The average Bonchev–Trinajstić information content (AvgIpc) is 2.16. The van der Waals surface area contributed by atoms with Gasteiger partial charge in [0, 0.05) is 10.7 Å². The van der Waals surface area contributed by atoms with E-state index >= 15 is 0 Å². The van der Waals surface area contributed by atoms with Crippen LogP contribution in [0.5, 0.6) is 0 Å². The second-order valence-electron chi connectivity index (χ2n) is 2.44. The number of methoxy groups -OCH3 is 1. The summed E-state index contributed by atoms with van der Waals surface area (Å²) in [5, 5.41) is 3.56. The van der Waals surface area contributed by atoms with Crippen LogP contribution in [0.25, 0.3) is 0 Å². The van der Waals surface area contributed by atoms with Crippen molar-refractivity contribution in [3.63, 3.8) is 0 Å². The van der Waals surface area contributed by atoms with E-state index < -0.39 is 0 Å². The minimum Gasteiger partial charge on any atom is -0.468 e. The molecule has 0 aliphatic heterocycles. The Bertz CT molecular complexity index is 287. The van der Waals surface area contributed by atoms with Gasteiger partial charge in [0.1, 0.15) is 6.54 Å². The number of esters is 1. The summed E-state index contributed by atoms with van der Waals surface area (Å²) in [4.78, 5) is 10.7. The number of anilines is 1. The Balaban J connectivity index is 0.00000169. The van der Waals surface area contributed by atoms with Crippen LogP contribution in [0, 0.1) is 0 Å². The van der Waals surface area contributed by atoms with E-state index in [1.54, 1.807) is 24.3 Å². The molecule has 0 saturated heterocycles. The molecule has 1 rings (SSSR count). The Morgan fingerprint density at radius 2 is 2.00 bits per heavy atom. The van der Waals surface area contributed by atoms with Gasteiger partial charge in [-0.05, 0) is 24.3 Å². The van der Waals surface area contributed by atoms with Gasteiger partial charge in [0.25, 0.3) is 0 Å². The molecule has 0 bridgehead atoms. The highest BCUT2D eigenvalue weighted by molar-refractivity contribution is 6.30. The zero-order chi connectivity index (χ0) is 9.68. The fourth-order valence-electron chi connectivity index (χ4n) is 0.814. The Hall–Kier alpha value is -0.930. The van der Waals surface area contributed by atoms with Crippen LogP contribution in [0.4, 0.5) is 5.69 Å². The fourth-order valence-corrected chi connectivity index (χ4v) is 0.940. The lowest BCUT2D eigenvalue weighted by atomic mass is 10.3. The van der Waals surface area contributed by atoms with E-state index in [2.05, 4.69) is 10.1 Å². The average molecular weight is 236 g/mol. The second kappa shape index (κ2) is 6.51. The van der Waals surface area contributed by atoms with Crippen molar-refractivity contribution in [3.05, 3.63) is 29.3 Å². The van der Waals surface area contributed by atoms with E-state index in [9.17, 15) is 4.79 Å². The first-order chi connectivity index (χ1) is 6.22. The highest BCUT2D eigenvalue weighted by Gasteiger charge is 1.98. The molecule has 1 aromatic rings. The van der Waals surface area contributed by atoms with E-state index in [0.717, 1.165) is 5.69 Å². The quantitative estimate of drug-likeness (QED) is 0.818. The van der Waals surface area contributed by atoms with Crippen molar-refractivity contribution in [3.8, 4) is 0 Å². The Labute approximate surface area is 93.8 Å². The highest BCUT2D eigenvalue weighted by Crippen LogP contribution is 2.12. The van der Waals surface area contributed by atoms with Crippen LogP contribution in [0.3, 0.4) is 0 Å². The minimum atomic E-state index is -0.296. The van der Waals surface area contributed by atoms with Gasteiger partial charge < -0.3 is 10.1 Å². The number of rotatable bonds is 3. The summed E-state index contributed by atoms with van der Waals surface area (Å²) in [6.45, 7) is 0.165. The minimum absolute atomic E-state index is 0. The molecule has 0 amide bonds. The SMILES string of the molecule is COC(=O)CNc1ccc(Cl)cc1.Cl. The summed E-state index contributed by atoms with van der Waals surface area (Å²) < 4.78 is 4.47. The van der Waals surface area contributed by atoms with Crippen molar-refractivity contribution in [2.75, 3.05) is 19.0 Å². The molecule has 0 heterocycles. The molecule has 0 atom stereocenters. The second-order valence-corrected chi connectivity index (χ2v) is 2.87. The maximum absolute atomic E-state index is 10.7. The maximum Gasteiger partial charge on any atom is 0.325 e. The molecule has 0 aliphatic carbocycles. The predicted octanol–water partition coefficient (Wildman–Crippen LogP) is 2.35. The monoisotopic (exact) mass is 235 g/mol. The van der Waals surface area contributed by atoms with E-state index in [0.29, 0.717) is 5.02 Å². The van der Waals surface area contributed by atoms with Crippen LogP contribution in [0.2, 0.25) is 5.02 Å². The van der Waals surface area contributed by atoms with Crippen molar-refractivity contribution in [1.82, 2.24) is 0 Å². The summed E-state index contributed by atoms with van der Waals surface area (Å²) in [7, 11) is 1.35. The van der Waals surface area contributed by atoms with Crippen LogP contribution in [0.1, 0.15) is 0 Å². The van der Waals surface area contributed by atoms with Gasteiger partial charge in [0.15, 0.2) is 0 Å². The largest absolute Gasteiger partial charge is 0.468 e. The third-order valence-corrected chi connectivity index (χ3v) is 1.76. The van der Waals surface area contributed by atoms with Crippen LogP contribution in [-0.4, -0.2) is 19.6 Å². The van der Waals surface area contributed by atoms with E-state index in [-0.39, 0.29) is 24.9 Å². The summed E-state index contributed by atoms with van der Waals surface area (Å²) in [5.74, 6) is -0.296. The molecule has 0 unspecified atom stereocenters. The number of hydrogen-bond acceptors (Lipinski definition) is 3. The molecule has 0 saturated carbocycles. The standard InChI is InChI=1S/C9H10ClNO2.ClH/c1-13-9(12)6-11-8-4-2-7(10)3-5-8;/h2-5,11H,6H2,1H3;1H. The van der Waals surface area contributed by atoms with Crippen molar-refractivity contribution >= 4 is 35.7 Å². The highest BCUT2D eigenvalue weighted by atomic mass is 35.5. The first-order valence-electron chi connectivity index (χ1n) is 3.78. The van der Waals surface area contributed by atoms with Crippen LogP contribution in [0.15, 0.2) is 24.3 Å². The normalized spacial score (nSPS) is 8.71. The summed E-state index contributed by atoms with van der Waals surface area (Å²) >= 11 is 5.68. The molecular formula is C9H11Cl2NO2. The van der Waals surface area contributed by atoms with Gasteiger partial charge in [-0.3, -0.25) is 4.79 Å². The maximum atomic E-state index is 10.7. The number of ether oxygens (including phenoxy) is 1. The number of carbonyl (C=O) groups excluding carboxylic acids is 1. The van der Waals surface area contributed by atoms with Crippen LogP contribution in [-0.2, 0) is 9.53 Å². The molecule has 1 N–H and O–H groups in total. The summed E-state index contributed by atoms with van der Waals surface area (Å²) in [5.41, 5.74) is 0.842. The van der Waals surface area contributed by atoms with Crippen LogP contribution >= 0.6 is 24.0 Å². The third kappa shape index (κ3) is 4.35. The van der Waals surface area contributed by atoms with Crippen molar-refractivity contribution < 1.29 is 9.53 Å². The molecule has 14 heavy (non-hydrogen) atoms. The molecule has 0 radical (unpaired) electrons. The molecule has 78 valence electrons. The lowest BCUT2D eigenvalue weighted by Crippen LogP contribution is -2.14. The Morgan fingerprint density at radius 1 is 1.43 bits per heavy atom. The van der Waals surface area contributed by atoms with E-state index in [1.807, 2.05) is 0 Å². The summed E-state index contributed by atoms with van der Waals surface area (Å²) in [6, 6.07) is 7.10. The zero-order valence-corrected chi connectivity index (χ0v) is 9.19. The van der Waals surface area contributed by atoms with E-state index in [4.69, 9.17) is 11.6 Å². The molecule has 0 aliphatic rings. The van der Waals surface area contributed by atoms with Gasteiger partial charge in [-0.2, -0.15) is 0 Å². The number of benzene rings is 1. The topological polar surface area (TPSA) is 38.3 Å². The number of carbonyl (C=O) groups is 1. The smallest absolute Gasteiger partial charge is 0.325 e. The number of halogens is 2. The van der Waals surface area contributed by atoms with Crippen molar-refractivity contribution in [2.24, 2.45) is 0 Å². The first-order valence-corrected chi connectivity index (χ1v) is 4.16. The van der Waals surface area contributed by atoms with Gasteiger partial charge in [0.05, 0.1) is 7.11 Å². The molecule has 3 nitrogen and oxygen atoms in total. The van der Waals surface area contributed by atoms with Gasteiger partial charge in [-0.25, -0.2) is 0 Å². The molecule has 0 spiro atoms. The van der Waals surface area contributed by atoms with Gasteiger partial charge >= 0.3 is 5.97 Å². The van der Waals surface area contributed by atoms with Crippen LogP contribution < -0.4 is 5.32 Å². The molecule has 0 fully saturated rings. The predicted molar refractivity (Wildman–Crippen MR) is 59.2 cm³/mol. The molecule has 1 aromatic carbocycles.